The van der Waals surface area contributed by atoms with Crippen molar-refractivity contribution in [3.63, 3.8) is 0 Å². The maximum absolute atomic E-state index is 13.6. The molecule has 2 nitrogen and oxygen atoms in total. The summed E-state index contributed by atoms with van der Waals surface area (Å²) in [6.07, 6.45) is 0. The minimum absolute atomic E-state index is 0.221. The van der Waals surface area contributed by atoms with Crippen LogP contribution in [-0.4, -0.2) is 5.78 Å². The Morgan fingerprint density at radius 1 is 0.950 bits per heavy atom. The van der Waals surface area contributed by atoms with Crippen LogP contribution in [0.4, 0.5) is 13.2 Å². The van der Waals surface area contributed by atoms with E-state index in [1.54, 1.807) is 12.1 Å². The molecule has 0 amide bonds. The number of carbonyl (C=O) groups is 1. The van der Waals surface area contributed by atoms with Gasteiger partial charge in [-0.2, -0.15) is 0 Å². The summed E-state index contributed by atoms with van der Waals surface area (Å²) in [6, 6.07) is 6.51. The fraction of sp³-hybridized carbons (Fsp3) is 0.133. The van der Waals surface area contributed by atoms with Crippen molar-refractivity contribution >= 4 is 5.78 Å². The molecule has 0 saturated carbocycles. The Morgan fingerprint density at radius 2 is 1.70 bits per heavy atom. The molecular weight excluding hydrogens is 269 g/mol. The molecule has 0 radical (unpaired) electrons. The van der Waals surface area contributed by atoms with Crippen molar-refractivity contribution in [1.29, 1.82) is 0 Å². The molecule has 0 atom stereocenters. The van der Waals surface area contributed by atoms with E-state index in [1.807, 2.05) is 0 Å². The Morgan fingerprint density at radius 3 is 2.50 bits per heavy atom. The molecule has 5 heteroatoms. The summed E-state index contributed by atoms with van der Waals surface area (Å²) in [4.78, 5) is 12.2. The van der Waals surface area contributed by atoms with Gasteiger partial charge in [0.1, 0.15) is 0 Å². The van der Waals surface area contributed by atoms with E-state index in [0.717, 1.165) is 23.3 Å². The Balaban J connectivity index is 2.03. The van der Waals surface area contributed by atoms with Crippen molar-refractivity contribution in [1.82, 2.24) is 0 Å². The number of hydrogen-bond acceptors (Lipinski definition) is 2. The second kappa shape index (κ2) is 4.76. The quantitative estimate of drug-likeness (QED) is 0.622. The van der Waals surface area contributed by atoms with Gasteiger partial charge in [-0.05, 0) is 29.3 Å². The number of ketones is 1. The molecule has 2 aromatic carbocycles. The number of fused-ring (bicyclic) bond motifs is 1. The molecule has 20 heavy (non-hydrogen) atoms. The summed E-state index contributed by atoms with van der Waals surface area (Å²) in [5.74, 6) is -5.11. The van der Waals surface area contributed by atoms with E-state index in [9.17, 15) is 18.0 Å². The van der Waals surface area contributed by atoms with E-state index in [1.165, 1.54) is 6.07 Å². The smallest absolute Gasteiger partial charge is 0.196 e. The van der Waals surface area contributed by atoms with Gasteiger partial charge in [-0.25, -0.2) is 13.2 Å². The monoisotopic (exact) mass is 278 g/mol. The van der Waals surface area contributed by atoms with Crippen molar-refractivity contribution in [3.05, 3.63) is 70.0 Å². The molecule has 0 fully saturated rings. The van der Waals surface area contributed by atoms with Gasteiger partial charge in [-0.3, -0.25) is 4.79 Å². The summed E-state index contributed by atoms with van der Waals surface area (Å²) in [5, 5.41) is 0. The normalized spacial score (nSPS) is 13.3. The van der Waals surface area contributed by atoms with Crippen LogP contribution in [0, 0.1) is 17.5 Å². The maximum Gasteiger partial charge on any atom is 0.196 e. The van der Waals surface area contributed by atoms with Crippen LogP contribution in [0.3, 0.4) is 0 Å². The van der Waals surface area contributed by atoms with Crippen LogP contribution in [0.2, 0.25) is 0 Å². The SMILES string of the molecule is O=C(c1ccc2c(c1)COC2)c1ccc(F)c(F)c1F. The van der Waals surface area contributed by atoms with Gasteiger partial charge in [-0.15, -0.1) is 0 Å². The van der Waals surface area contributed by atoms with Crippen molar-refractivity contribution in [2.24, 2.45) is 0 Å². The summed E-state index contributed by atoms with van der Waals surface area (Å²) < 4.78 is 44.9. The molecule has 102 valence electrons. The minimum Gasteiger partial charge on any atom is -0.372 e. The van der Waals surface area contributed by atoms with Crippen LogP contribution in [0.15, 0.2) is 30.3 Å². The molecule has 0 spiro atoms. The highest BCUT2D eigenvalue weighted by Crippen LogP contribution is 2.24. The molecule has 0 unspecified atom stereocenters. The Kier molecular flexibility index (Phi) is 3.06. The third-order valence-electron chi connectivity index (χ3n) is 3.26. The molecule has 0 saturated heterocycles. The Hall–Kier alpha value is -2.14. The van der Waals surface area contributed by atoms with Gasteiger partial charge < -0.3 is 4.74 Å². The number of ether oxygens (including phenoxy) is 1. The highest BCUT2D eigenvalue weighted by atomic mass is 19.2. The lowest BCUT2D eigenvalue weighted by Gasteiger charge is -2.06. The van der Waals surface area contributed by atoms with Crippen LogP contribution in [-0.2, 0) is 18.0 Å². The molecule has 0 aliphatic carbocycles. The van der Waals surface area contributed by atoms with Gasteiger partial charge in [0.05, 0.1) is 18.8 Å². The first-order chi connectivity index (χ1) is 9.58. The fourth-order valence-corrected chi connectivity index (χ4v) is 2.17. The number of carbonyl (C=O) groups excluding carboxylic acids is 1. The fourth-order valence-electron chi connectivity index (χ4n) is 2.17. The van der Waals surface area contributed by atoms with Gasteiger partial charge in [0, 0.05) is 5.56 Å². The van der Waals surface area contributed by atoms with E-state index in [-0.39, 0.29) is 5.56 Å². The first-order valence-electron chi connectivity index (χ1n) is 5.95. The summed E-state index contributed by atoms with van der Waals surface area (Å²) in [5.41, 5.74) is 1.55. The molecule has 3 rings (SSSR count). The van der Waals surface area contributed by atoms with Gasteiger partial charge in [-0.1, -0.05) is 12.1 Å². The number of halogens is 3. The Bertz CT molecular complexity index is 711. The second-order valence-corrected chi connectivity index (χ2v) is 4.53. The van der Waals surface area contributed by atoms with E-state index in [0.29, 0.717) is 13.2 Å². The van der Waals surface area contributed by atoms with Crippen LogP contribution < -0.4 is 0 Å². The standard InChI is InChI=1S/C15H9F3O2/c16-12-4-3-11(13(17)14(12)18)15(19)8-1-2-9-6-20-7-10(9)5-8/h1-5H,6-7H2. The zero-order valence-corrected chi connectivity index (χ0v) is 10.3. The van der Waals surface area contributed by atoms with Crippen LogP contribution in [0.1, 0.15) is 27.0 Å². The van der Waals surface area contributed by atoms with Gasteiger partial charge in [0.25, 0.3) is 0 Å². The molecule has 1 aliphatic heterocycles. The second-order valence-electron chi connectivity index (χ2n) is 4.53. The van der Waals surface area contributed by atoms with Crippen LogP contribution in [0.25, 0.3) is 0 Å². The first-order valence-corrected chi connectivity index (χ1v) is 5.95. The predicted molar refractivity (Wildman–Crippen MR) is 64.7 cm³/mol. The van der Waals surface area contributed by atoms with Crippen molar-refractivity contribution in [2.75, 3.05) is 0 Å². The van der Waals surface area contributed by atoms with Gasteiger partial charge in [0.2, 0.25) is 0 Å². The molecular formula is C15H9F3O2. The number of benzene rings is 2. The molecule has 1 heterocycles. The molecule has 1 aliphatic rings. The molecule has 0 N–H and O–H groups in total. The lowest BCUT2D eigenvalue weighted by atomic mass is 9.99. The van der Waals surface area contributed by atoms with Crippen molar-refractivity contribution in [2.45, 2.75) is 13.2 Å². The van der Waals surface area contributed by atoms with E-state index in [4.69, 9.17) is 4.74 Å². The van der Waals surface area contributed by atoms with Gasteiger partial charge >= 0.3 is 0 Å². The average molecular weight is 278 g/mol. The third kappa shape index (κ3) is 2.00. The lowest BCUT2D eigenvalue weighted by Crippen LogP contribution is -2.07. The maximum atomic E-state index is 13.6. The van der Waals surface area contributed by atoms with Crippen LogP contribution >= 0.6 is 0 Å². The molecule has 2 aromatic rings. The topological polar surface area (TPSA) is 26.3 Å². The third-order valence-corrected chi connectivity index (χ3v) is 3.26. The Labute approximate surface area is 112 Å². The number of rotatable bonds is 2. The average Bonchev–Trinajstić information content (AvgIpc) is 2.91. The summed E-state index contributed by atoms with van der Waals surface area (Å²) in [7, 11) is 0. The van der Waals surface area contributed by atoms with E-state index < -0.39 is 28.8 Å². The first kappa shape index (κ1) is 12.9. The van der Waals surface area contributed by atoms with E-state index >= 15 is 0 Å². The number of hydrogen-bond donors (Lipinski definition) is 0. The zero-order valence-electron chi connectivity index (χ0n) is 10.3. The summed E-state index contributed by atoms with van der Waals surface area (Å²) >= 11 is 0. The largest absolute Gasteiger partial charge is 0.372 e. The summed E-state index contributed by atoms with van der Waals surface area (Å²) in [6.45, 7) is 0.861. The minimum atomic E-state index is -1.64. The zero-order chi connectivity index (χ0) is 14.3. The highest BCUT2D eigenvalue weighted by molar-refractivity contribution is 6.09. The van der Waals surface area contributed by atoms with Gasteiger partial charge in [0.15, 0.2) is 23.2 Å². The lowest BCUT2D eigenvalue weighted by molar-refractivity contribution is 0.103. The van der Waals surface area contributed by atoms with Crippen molar-refractivity contribution in [3.8, 4) is 0 Å². The van der Waals surface area contributed by atoms with Crippen LogP contribution in [0.5, 0.6) is 0 Å². The van der Waals surface area contributed by atoms with E-state index in [2.05, 4.69) is 0 Å². The highest BCUT2D eigenvalue weighted by Gasteiger charge is 2.21. The predicted octanol–water partition coefficient (Wildman–Crippen LogP) is 3.37. The van der Waals surface area contributed by atoms with Crippen molar-refractivity contribution < 1.29 is 22.7 Å². The molecule has 0 bridgehead atoms. The molecule has 0 aromatic heterocycles.